The van der Waals surface area contributed by atoms with Gasteiger partial charge in [-0.3, -0.25) is 9.59 Å². The molecule has 0 spiro atoms. The quantitative estimate of drug-likeness (QED) is 0.778. The van der Waals surface area contributed by atoms with Crippen LogP contribution in [0, 0.1) is 5.41 Å². The minimum atomic E-state index is -4.52. The van der Waals surface area contributed by atoms with Crippen molar-refractivity contribution in [1.29, 1.82) is 0 Å². The van der Waals surface area contributed by atoms with Crippen LogP contribution < -0.4 is 5.32 Å². The Morgan fingerprint density at radius 1 is 1.22 bits per heavy atom. The van der Waals surface area contributed by atoms with Gasteiger partial charge in [0.2, 0.25) is 11.8 Å². The Kier molecular flexibility index (Phi) is 3.65. The van der Waals surface area contributed by atoms with Crippen molar-refractivity contribution in [1.82, 2.24) is 10.2 Å². The highest BCUT2D eigenvalue weighted by molar-refractivity contribution is 5.97. The van der Waals surface area contributed by atoms with Crippen LogP contribution in [-0.4, -0.2) is 41.5 Å². The molecular formula is C11H17F3N2O2. The van der Waals surface area contributed by atoms with Crippen molar-refractivity contribution in [2.24, 2.45) is 5.41 Å². The second-order valence-electron chi connectivity index (χ2n) is 5.58. The molecule has 1 fully saturated rings. The summed E-state index contributed by atoms with van der Waals surface area (Å²) in [5.74, 6) is -1.24. The molecule has 1 aliphatic heterocycles. The molecule has 0 radical (unpaired) electrons. The molecule has 4 nitrogen and oxygen atoms in total. The van der Waals surface area contributed by atoms with Gasteiger partial charge < -0.3 is 10.2 Å². The van der Waals surface area contributed by atoms with E-state index in [1.54, 1.807) is 20.8 Å². The van der Waals surface area contributed by atoms with Gasteiger partial charge in [-0.2, -0.15) is 13.2 Å². The van der Waals surface area contributed by atoms with Crippen LogP contribution in [0.4, 0.5) is 13.2 Å². The molecule has 0 aromatic carbocycles. The lowest BCUT2D eigenvalue weighted by molar-refractivity contribution is -0.178. The standard InChI is InChI=1S/C11H17F3N2O2/c1-6-9(18)16(5-11(12,13)14)7(8(17)15-6)10(2,3)4/h6-7H,5H2,1-4H3,(H,15,17). The van der Waals surface area contributed by atoms with Crippen LogP contribution in [0.5, 0.6) is 0 Å². The second kappa shape index (κ2) is 4.44. The smallest absolute Gasteiger partial charge is 0.343 e. The van der Waals surface area contributed by atoms with Crippen molar-refractivity contribution in [2.75, 3.05) is 6.54 Å². The fourth-order valence-corrected chi connectivity index (χ4v) is 2.09. The molecule has 7 heteroatoms. The lowest BCUT2D eigenvalue weighted by atomic mass is 9.83. The zero-order chi connectivity index (χ0) is 14.3. The molecule has 1 rings (SSSR count). The maximum absolute atomic E-state index is 12.5. The van der Waals surface area contributed by atoms with Gasteiger partial charge in [0.15, 0.2) is 0 Å². The van der Waals surface area contributed by atoms with Gasteiger partial charge in [0, 0.05) is 0 Å². The maximum Gasteiger partial charge on any atom is 0.406 e. The van der Waals surface area contributed by atoms with E-state index in [2.05, 4.69) is 5.32 Å². The number of hydrogen-bond acceptors (Lipinski definition) is 2. The summed E-state index contributed by atoms with van der Waals surface area (Å²) in [6.45, 7) is 4.87. The molecule has 1 heterocycles. The second-order valence-corrected chi connectivity index (χ2v) is 5.58. The van der Waals surface area contributed by atoms with Crippen molar-refractivity contribution >= 4 is 11.8 Å². The number of hydrogen-bond donors (Lipinski definition) is 1. The topological polar surface area (TPSA) is 49.4 Å². The van der Waals surface area contributed by atoms with Crippen LogP contribution >= 0.6 is 0 Å². The van der Waals surface area contributed by atoms with E-state index in [1.165, 1.54) is 6.92 Å². The lowest BCUT2D eigenvalue weighted by Gasteiger charge is -2.44. The van der Waals surface area contributed by atoms with Crippen molar-refractivity contribution in [2.45, 2.75) is 46.0 Å². The number of nitrogens with zero attached hydrogens (tertiary/aromatic N) is 1. The van der Waals surface area contributed by atoms with Gasteiger partial charge in [0.05, 0.1) is 0 Å². The Hall–Kier alpha value is -1.27. The van der Waals surface area contributed by atoms with Crippen LogP contribution in [0.1, 0.15) is 27.7 Å². The maximum atomic E-state index is 12.5. The monoisotopic (exact) mass is 266 g/mol. The first kappa shape index (κ1) is 14.8. The van der Waals surface area contributed by atoms with Gasteiger partial charge in [-0.25, -0.2) is 0 Å². The molecule has 1 saturated heterocycles. The molecule has 2 atom stereocenters. The Morgan fingerprint density at radius 2 is 1.72 bits per heavy atom. The van der Waals surface area contributed by atoms with E-state index in [4.69, 9.17) is 0 Å². The number of amides is 2. The van der Waals surface area contributed by atoms with E-state index in [9.17, 15) is 22.8 Å². The molecule has 2 unspecified atom stereocenters. The van der Waals surface area contributed by atoms with E-state index in [-0.39, 0.29) is 0 Å². The number of carbonyl (C=O) groups excluding carboxylic acids is 2. The molecule has 0 saturated carbocycles. The molecule has 0 aromatic heterocycles. The third-order valence-corrected chi connectivity index (χ3v) is 2.74. The third-order valence-electron chi connectivity index (χ3n) is 2.74. The summed E-state index contributed by atoms with van der Waals surface area (Å²) in [4.78, 5) is 24.3. The van der Waals surface area contributed by atoms with Gasteiger partial charge >= 0.3 is 6.18 Å². The third kappa shape index (κ3) is 3.14. The summed E-state index contributed by atoms with van der Waals surface area (Å²) in [6, 6.07) is -2.03. The van der Waals surface area contributed by atoms with Crippen molar-refractivity contribution in [3.63, 3.8) is 0 Å². The van der Waals surface area contributed by atoms with Crippen molar-refractivity contribution in [3.05, 3.63) is 0 Å². The first-order valence-electron chi connectivity index (χ1n) is 5.61. The minimum Gasteiger partial charge on any atom is -0.343 e. The van der Waals surface area contributed by atoms with Crippen LogP contribution in [0.15, 0.2) is 0 Å². The van der Waals surface area contributed by atoms with Crippen molar-refractivity contribution < 1.29 is 22.8 Å². The van der Waals surface area contributed by atoms with Gasteiger partial charge in [-0.15, -0.1) is 0 Å². The predicted octanol–water partition coefficient (Wildman–Crippen LogP) is 1.31. The van der Waals surface area contributed by atoms with Crippen molar-refractivity contribution in [3.8, 4) is 0 Å². The van der Waals surface area contributed by atoms with E-state index in [0.717, 1.165) is 0 Å². The average Bonchev–Trinajstić information content (AvgIpc) is 2.08. The normalized spacial score (nSPS) is 26.3. The molecule has 1 aliphatic rings. The fourth-order valence-electron chi connectivity index (χ4n) is 2.09. The number of nitrogens with one attached hydrogen (secondary N) is 1. The molecule has 2 amide bonds. The van der Waals surface area contributed by atoms with Gasteiger partial charge in [-0.05, 0) is 12.3 Å². The largest absolute Gasteiger partial charge is 0.406 e. The summed E-state index contributed by atoms with van der Waals surface area (Å²) in [7, 11) is 0. The fraction of sp³-hybridized carbons (Fsp3) is 0.818. The first-order valence-corrected chi connectivity index (χ1v) is 5.61. The average molecular weight is 266 g/mol. The molecule has 18 heavy (non-hydrogen) atoms. The zero-order valence-corrected chi connectivity index (χ0v) is 10.8. The number of piperazine rings is 1. The van der Waals surface area contributed by atoms with Crippen LogP contribution in [-0.2, 0) is 9.59 Å². The number of carbonyl (C=O) groups is 2. The highest BCUT2D eigenvalue weighted by atomic mass is 19.4. The predicted molar refractivity (Wildman–Crippen MR) is 58.6 cm³/mol. The van der Waals surface area contributed by atoms with Crippen LogP contribution in [0.3, 0.4) is 0 Å². The van der Waals surface area contributed by atoms with Gasteiger partial charge in [0.25, 0.3) is 0 Å². The lowest BCUT2D eigenvalue weighted by Crippen LogP contribution is -2.67. The highest BCUT2D eigenvalue weighted by Crippen LogP contribution is 2.30. The first-order chi connectivity index (χ1) is 7.93. The zero-order valence-electron chi connectivity index (χ0n) is 10.8. The summed E-state index contributed by atoms with van der Waals surface area (Å²) in [6.07, 6.45) is -4.52. The Balaban J connectivity index is 3.10. The molecule has 1 N–H and O–H groups in total. The Morgan fingerprint density at radius 3 is 2.11 bits per heavy atom. The van der Waals surface area contributed by atoms with E-state index in [0.29, 0.717) is 4.90 Å². The molecular weight excluding hydrogens is 249 g/mol. The Bertz CT molecular complexity index is 360. The highest BCUT2D eigenvalue weighted by Gasteiger charge is 2.48. The minimum absolute atomic E-state index is 0.543. The van der Waals surface area contributed by atoms with E-state index in [1.807, 2.05) is 0 Å². The van der Waals surface area contributed by atoms with Gasteiger partial charge in [-0.1, -0.05) is 20.8 Å². The summed E-state index contributed by atoms with van der Waals surface area (Å²) in [5.41, 5.74) is -0.759. The molecule has 0 bridgehead atoms. The van der Waals surface area contributed by atoms with Gasteiger partial charge in [0.1, 0.15) is 18.6 Å². The van der Waals surface area contributed by atoms with Crippen LogP contribution in [0.2, 0.25) is 0 Å². The number of rotatable bonds is 1. The molecule has 0 aliphatic carbocycles. The summed E-state index contributed by atoms with van der Waals surface area (Å²) >= 11 is 0. The molecule has 104 valence electrons. The number of halogens is 3. The SMILES string of the molecule is CC1NC(=O)C(C(C)(C)C)N(CC(F)(F)F)C1=O. The Labute approximate surface area is 104 Å². The van der Waals surface area contributed by atoms with E-state index < -0.39 is 42.0 Å². The van der Waals surface area contributed by atoms with E-state index >= 15 is 0 Å². The molecule has 0 aromatic rings. The number of alkyl halides is 3. The summed E-state index contributed by atoms with van der Waals surface area (Å²) < 4.78 is 37.5. The summed E-state index contributed by atoms with van der Waals surface area (Å²) in [5, 5.41) is 2.40. The van der Waals surface area contributed by atoms with Crippen LogP contribution in [0.25, 0.3) is 0 Å².